The van der Waals surface area contributed by atoms with Crippen LogP contribution >= 0.6 is 27.5 Å². The largest absolute Gasteiger partial charge is 0.388 e. The maximum atomic E-state index is 9.66. The molecule has 1 atom stereocenters. The van der Waals surface area contributed by atoms with Gasteiger partial charge in [-0.15, -0.1) is 0 Å². The molecule has 0 aliphatic heterocycles. The van der Waals surface area contributed by atoms with Crippen molar-refractivity contribution in [1.29, 1.82) is 0 Å². The van der Waals surface area contributed by atoms with E-state index in [2.05, 4.69) is 15.9 Å². The summed E-state index contributed by atoms with van der Waals surface area (Å²) in [5.41, 5.74) is 6.14. The van der Waals surface area contributed by atoms with Crippen molar-refractivity contribution in [3.05, 3.63) is 33.3 Å². The number of aliphatic hydroxyl groups is 1. The Hall–Kier alpha value is -0.0900. The van der Waals surface area contributed by atoms with E-state index < -0.39 is 6.10 Å². The van der Waals surface area contributed by atoms with E-state index in [4.69, 9.17) is 17.3 Å². The van der Waals surface area contributed by atoms with Gasteiger partial charge < -0.3 is 10.8 Å². The second kappa shape index (κ2) is 4.96. The Balaban J connectivity index is 2.93. The molecule has 1 aromatic carbocycles. The lowest BCUT2D eigenvalue weighted by molar-refractivity contribution is 0.169. The van der Waals surface area contributed by atoms with Gasteiger partial charge in [0.1, 0.15) is 0 Å². The first kappa shape index (κ1) is 11.0. The highest BCUT2D eigenvalue weighted by Crippen LogP contribution is 2.31. The van der Waals surface area contributed by atoms with Crippen molar-refractivity contribution in [3.63, 3.8) is 0 Å². The van der Waals surface area contributed by atoms with Crippen molar-refractivity contribution in [1.82, 2.24) is 0 Å². The zero-order valence-corrected chi connectivity index (χ0v) is 9.35. The van der Waals surface area contributed by atoms with Crippen LogP contribution in [0, 0.1) is 0 Å². The topological polar surface area (TPSA) is 46.2 Å². The summed E-state index contributed by atoms with van der Waals surface area (Å²) in [6.45, 7) is 0.458. The second-order valence-corrected chi connectivity index (χ2v) is 3.94. The number of aliphatic hydroxyl groups excluding tert-OH is 1. The van der Waals surface area contributed by atoms with Crippen LogP contribution in [0.25, 0.3) is 0 Å². The molecule has 0 bridgehead atoms. The lowest BCUT2D eigenvalue weighted by Crippen LogP contribution is -2.07. The summed E-state index contributed by atoms with van der Waals surface area (Å²) in [7, 11) is 0. The molecule has 0 saturated heterocycles. The Labute approximate surface area is 90.8 Å². The molecule has 0 aliphatic rings. The smallest absolute Gasteiger partial charge is 0.0813 e. The Bertz CT molecular complexity index is 293. The first-order chi connectivity index (χ1) is 6.16. The Morgan fingerprint density at radius 1 is 1.54 bits per heavy atom. The van der Waals surface area contributed by atoms with Crippen LogP contribution in [0.15, 0.2) is 22.7 Å². The van der Waals surface area contributed by atoms with E-state index in [-0.39, 0.29) is 0 Å². The van der Waals surface area contributed by atoms with Crippen LogP contribution in [-0.4, -0.2) is 11.7 Å². The molecule has 1 aromatic rings. The predicted octanol–water partition coefficient (Wildman–Crippen LogP) is 2.48. The van der Waals surface area contributed by atoms with Crippen LogP contribution in [0.1, 0.15) is 18.1 Å². The third-order valence-electron chi connectivity index (χ3n) is 1.78. The van der Waals surface area contributed by atoms with Crippen LogP contribution in [0.4, 0.5) is 0 Å². The van der Waals surface area contributed by atoms with E-state index in [0.717, 1.165) is 10.0 Å². The van der Waals surface area contributed by atoms with Crippen molar-refractivity contribution >= 4 is 27.5 Å². The molecule has 0 saturated carbocycles. The lowest BCUT2D eigenvalue weighted by Gasteiger charge is -2.12. The van der Waals surface area contributed by atoms with Gasteiger partial charge in [-0.3, -0.25) is 0 Å². The number of halogens is 2. The summed E-state index contributed by atoms with van der Waals surface area (Å²) >= 11 is 9.19. The van der Waals surface area contributed by atoms with E-state index in [9.17, 15) is 5.11 Å². The van der Waals surface area contributed by atoms with Gasteiger partial charge in [0.25, 0.3) is 0 Å². The molecule has 3 N–H and O–H groups in total. The molecule has 0 amide bonds. The van der Waals surface area contributed by atoms with Gasteiger partial charge in [0.2, 0.25) is 0 Å². The molecule has 0 heterocycles. The molecule has 0 aromatic heterocycles. The van der Waals surface area contributed by atoms with Gasteiger partial charge in [0.15, 0.2) is 0 Å². The third-order valence-corrected chi connectivity index (χ3v) is 3.21. The first-order valence-electron chi connectivity index (χ1n) is 3.99. The van der Waals surface area contributed by atoms with Crippen LogP contribution < -0.4 is 5.73 Å². The molecule has 0 spiro atoms. The van der Waals surface area contributed by atoms with E-state index in [1.807, 2.05) is 12.1 Å². The van der Waals surface area contributed by atoms with Crippen LogP contribution in [-0.2, 0) is 0 Å². The summed E-state index contributed by atoms with van der Waals surface area (Å²) in [6, 6.07) is 5.41. The molecule has 1 rings (SSSR count). The van der Waals surface area contributed by atoms with Crippen LogP contribution in [0.5, 0.6) is 0 Å². The minimum absolute atomic E-state index is 0.458. The zero-order chi connectivity index (χ0) is 9.84. The summed E-state index contributed by atoms with van der Waals surface area (Å²) in [5, 5.41) is 10.3. The summed E-state index contributed by atoms with van der Waals surface area (Å²) < 4.78 is 0.748. The maximum absolute atomic E-state index is 9.66. The molecule has 13 heavy (non-hydrogen) atoms. The highest BCUT2D eigenvalue weighted by molar-refractivity contribution is 9.10. The van der Waals surface area contributed by atoms with Crippen molar-refractivity contribution in [2.75, 3.05) is 6.54 Å². The molecule has 72 valence electrons. The van der Waals surface area contributed by atoms with Crippen molar-refractivity contribution in [3.8, 4) is 0 Å². The SMILES string of the molecule is NCCC(O)c1cccc(Cl)c1Br. The van der Waals surface area contributed by atoms with E-state index in [1.165, 1.54) is 0 Å². The summed E-state index contributed by atoms with van der Waals surface area (Å²) in [6.07, 6.45) is -0.00283. The fourth-order valence-electron chi connectivity index (χ4n) is 1.09. The second-order valence-electron chi connectivity index (χ2n) is 2.74. The van der Waals surface area contributed by atoms with E-state index >= 15 is 0 Å². The standard InChI is InChI=1S/C9H11BrClNO/c10-9-6(8(13)4-5-12)2-1-3-7(9)11/h1-3,8,13H,4-5,12H2. The Morgan fingerprint density at radius 2 is 2.23 bits per heavy atom. The number of benzene rings is 1. The van der Waals surface area contributed by atoms with Gasteiger partial charge in [-0.1, -0.05) is 23.7 Å². The van der Waals surface area contributed by atoms with Crippen molar-refractivity contribution in [2.45, 2.75) is 12.5 Å². The highest BCUT2D eigenvalue weighted by atomic mass is 79.9. The van der Waals surface area contributed by atoms with Crippen LogP contribution in [0.3, 0.4) is 0 Å². The minimum atomic E-state index is -0.543. The molecule has 2 nitrogen and oxygen atoms in total. The molecule has 0 fully saturated rings. The van der Waals surface area contributed by atoms with Crippen LogP contribution in [0.2, 0.25) is 5.02 Å². The number of hydrogen-bond donors (Lipinski definition) is 2. The zero-order valence-electron chi connectivity index (χ0n) is 7.00. The van der Waals surface area contributed by atoms with Gasteiger partial charge in [0, 0.05) is 4.47 Å². The average molecular weight is 265 g/mol. The van der Waals surface area contributed by atoms with Gasteiger partial charge in [-0.25, -0.2) is 0 Å². The lowest BCUT2D eigenvalue weighted by atomic mass is 10.1. The molecule has 0 aliphatic carbocycles. The summed E-state index contributed by atoms with van der Waals surface area (Å²) in [5.74, 6) is 0. The monoisotopic (exact) mass is 263 g/mol. The quantitative estimate of drug-likeness (QED) is 0.881. The third kappa shape index (κ3) is 2.68. The molecule has 1 unspecified atom stereocenters. The van der Waals surface area contributed by atoms with Gasteiger partial charge in [-0.2, -0.15) is 0 Å². The molecule has 0 radical (unpaired) electrons. The fraction of sp³-hybridized carbons (Fsp3) is 0.333. The Kier molecular flexibility index (Phi) is 4.19. The fourth-order valence-corrected chi connectivity index (χ4v) is 1.80. The van der Waals surface area contributed by atoms with Crippen molar-refractivity contribution in [2.24, 2.45) is 5.73 Å². The Morgan fingerprint density at radius 3 is 2.85 bits per heavy atom. The molecular formula is C9H11BrClNO. The van der Waals surface area contributed by atoms with E-state index in [0.29, 0.717) is 18.0 Å². The average Bonchev–Trinajstić information content (AvgIpc) is 2.10. The minimum Gasteiger partial charge on any atom is -0.388 e. The number of nitrogens with two attached hydrogens (primary N) is 1. The highest BCUT2D eigenvalue weighted by Gasteiger charge is 2.11. The predicted molar refractivity (Wildman–Crippen MR) is 57.8 cm³/mol. The van der Waals surface area contributed by atoms with Gasteiger partial charge in [0.05, 0.1) is 11.1 Å². The summed E-state index contributed by atoms with van der Waals surface area (Å²) in [4.78, 5) is 0. The normalized spacial score (nSPS) is 12.9. The van der Waals surface area contributed by atoms with E-state index in [1.54, 1.807) is 6.07 Å². The van der Waals surface area contributed by atoms with Gasteiger partial charge in [-0.05, 0) is 40.5 Å². The maximum Gasteiger partial charge on any atom is 0.0813 e. The number of rotatable bonds is 3. The van der Waals surface area contributed by atoms with Gasteiger partial charge >= 0.3 is 0 Å². The first-order valence-corrected chi connectivity index (χ1v) is 5.16. The molecular weight excluding hydrogens is 253 g/mol. The van der Waals surface area contributed by atoms with Crippen molar-refractivity contribution < 1.29 is 5.11 Å². The number of hydrogen-bond acceptors (Lipinski definition) is 2. The molecule has 4 heteroatoms.